The van der Waals surface area contributed by atoms with Crippen LogP contribution in [-0.4, -0.2) is 25.5 Å². The Morgan fingerprint density at radius 2 is 2.07 bits per heavy atom. The van der Waals surface area contributed by atoms with E-state index >= 15 is 0 Å². The topological polar surface area (TPSA) is 71.8 Å². The lowest BCUT2D eigenvalue weighted by Crippen LogP contribution is -2.38. The highest BCUT2D eigenvalue weighted by Crippen LogP contribution is 2.33. The number of amides is 2. The van der Waals surface area contributed by atoms with Crippen LogP contribution in [0.15, 0.2) is 57.4 Å². The lowest BCUT2D eigenvalue weighted by molar-refractivity contribution is -0.132. The molecule has 2 atom stereocenters. The van der Waals surface area contributed by atoms with Crippen molar-refractivity contribution in [1.82, 2.24) is 5.32 Å². The first-order valence-corrected chi connectivity index (χ1v) is 10.2. The van der Waals surface area contributed by atoms with Crippen LogP contribution in [0.5, 0.6) is 5.75 Å². The van der Waals surface area contributed by atoms with Crippen molar-refractivity contribution in [2.45, 2.75) is 19.4 Å². The van der Waals surface area contributed by atoms with Crippen molar-refractivity contribution in [1.29, 1.82) is 0 Å². The van der Waals surface area contributed by atoms with Gasteiger partial charge in [-0.2, -0.15) is 0 Å². The Bertz CT molecular complexity index is 1080. The maximum atomic E-state index is 12.8. The zero-order valence-electron chi connectivity index (χ0n) is 16.1. The number of carbonyl (C=O) groups excluding carboxylic acids is 2. The van der Waals surface area contributed by atoms with Gasteiger partial charge in [0.1, 0.15) is 11.7 Å². The van der Waals surface area contributed by atoms with E-state index in [-0.39, 0.29) is 17.9 Å². The van der Waals surface area contributed by atoms with E-state index in [0.29, 0.717) is 30.1 Å². The van der Waals surface area contributed by atoms with E-state index in [2.05, 4.69) is 21.2 Å². The number of hydrogen-bond acceptors (Lipinski definition) is 4. The number of fused-ring (bicyclic) bond motifs is 1. The summed E-state index contributed by atoms with van der Waals surface area (Å²) >= 11 is 3.47. The van der Waals surface area contributed by atoms with Crippen molar-refractivity contribution in [2.24, 2.45) is 5.92 Å². The summed E-state index contributed by atoms with van der Waals surface area (Å²) in [5.41, 5.74) is 1.42. The monoisotopic (exact) mass is 456 g/mol. The fourth-order valence-electron chi connectivity index (χ4n) is 3.65. The predicted octanol–water partition coefficient (Wildman–Crippen LogP) is 4.43. The summed E-state index contributed by atoms with van der Waals surface area (Å²) < 4.78 is 12.1. The summed E-state index contributed by atoms with van der Waals surface area (Å²) in [4.78, 5) is 27.3. The van der Waals surface area contributed by atoms with Gasteiger partial charge in [-0.15, -0.1) is 0 Å². The van der Waals surface area contributed by atoms with E-state index in [1.165, 1.54) is 0 Å². The molecule has 2 aromatic carbocycles. The van der Waals surface area contributed by atoms with E-state index in [9.17, 15) is 9.59 Å². The van der Waals surface area contributed by atoms with Gasteiger partial charge in [-0.05, 0) is 53.5 Å². The largest absolute Gasteiger partial charge is 0.493 e. The van der Waals surface area contributed by atoms with Crippen LogP contribution in [0, 0.1) is 5.92 Å². The number of furan rings is 1. The first-order valence-electron chi connectivity index (χ1n) is 9.42. The molecule has 2 unspecified atom stereocenters. The van der Waals surface area contributed by atoms with Crippen LogP contribution in [0.4, 0.5) is 5.69 Å². The van der Waals surface area contributed by atoms with E-state index in [1.54, 1.807) is 12.0 Å². The Kier molecular flexibility index (Phi) is 5.32. The lowest BCUT2D eigenvalue weighted by atomic mass is 10.1. The van der Waals surface area contributed by atoms with Crippen molar-refractivity contribution in [2.75, 3.05) is 18.6 Å². The molecular weight excluding hydrogens is 436 g/mol. The minimum Gasteiger partial charge on any atom is -0.493 e. The molecule has 1 aliphatic rings. The van der Waals surface area contributed by atoms with Gasteiger partial charge in [0.25, 0.3) is 0 Å². The number of rotatable bonds is 5. The van der Waals surface area contributed by atoms with Crippen molar-refractivity contribution in [3.05, 3.63) is 58.8 Å². The highest BCUT2D eigenvalue weighted by atomic mass is 79.9. The molecule has 0 radical (unpaired) electrons. The molecule has 29 heavy (non-hydrogen) atoms. The highest BCUT2D eigenvalue weighted by Gasteiger charge is 2.38. The molecule has 1 aliphatic heterocycles. The number of benzene rings is 2. The highest BCUT2D eigenvalue weighted by molar-refractivity contribution is 9.10. The molecule has 0 bridgehead atoms. The summed E-state index contributed by atoms with van der Waals surface area (Å²) in [7, 11) is 1.59. The maximum Gasteiger partial charge on any atom is 0.239 e. The number of anilines is 1. The molecule has 1 saturated heterocycles. The Morgan fingerprint density at radius 3 is 2.83 bits per heavy atom. The van der Waals surface area contributed by atoms with Crippen molar-refractivity contribution in [3.8, 4) is 5.75 Å². The minimum absolute atomic E-state index is 0.187. The zero-order valence-corrected chi connectivity index (χ0v) is 17.7. The van der Waals surface area contributed by atoms with E-state index in [0.717, 1.165) is 15.5 Å². The van der Waals surface area contributed by atoms with Crippen LogP contribution in [0.2, 0.25) is 0 Å². The second kappa shape index (κ2) is 7.91. The van der Waals surface area contributed by atoms with Gasteiger partial charge in [0.15, 0.2) is 11.3 Å². The van der Waals surface area contributed by atoms with Crippen LogP contribution in [0.3, 0.4) is 0 Å². The van der Waals surface area contributed by atoms with E-state index in [1.807, 2.05) is 55.5 Å². The molecule has 1 fully saturated rings. The third kappa shape index (κ3) is 3.62. The lowest BCUT2D eigenvalue weighted by Gasteiger charge is -2.19. The molecular formula is C22H21BrN2O4. The van der Waals surface area contributed by atoms with Crippen LogP contribution in [-0.2, 0) is 9.59 Å². The number of carbonyl (C=O) groups is 2. The van der Waals surface area contributed by atoms with Gasteiger partial charge in [-0.1, -0.05) is 24.3 Å². The van der Waals surface area contributed by atoms with Crippen molar-refractivity contribution in [3.63, 3.8) is 0 Å². The number of halogens is 1. The Morgan fingerprint density at radius 1 is 1.28 bits per heavy atom. The average Bonchev–Trinajstić information content (AvgIpc) is 3.32. The zero-order chi connectivity index (χ0) is 20.5. The normalized spacial score (nSPS) is 17.6. The van der Waals surface area contributed by atoms with E-state index < -0.39 is 5.92 Å². The molecule has 0 spiro atoms. The van der Waals surface area contributed by atoms with Crippen LogP contribution < -0.4 is 15.0 Å². The number of hydrogen-bond donors (Lipinski definition) is 1. The fraction of sp³-hybridized carbons (Fsp3) is 0.273. The number of para-hydroxylation sites is 2. The smallest absolute Gasteiger partial charge is 0.239 e. The van der Waals surface area contributed by atoms with Crippen LogP contribution in [0.1, 0.15) is 25.1 Å². The SMILES string of the molecule is COc1cccc2cc(C(C)NC(=O)C3CCN(c4ccccc4Br)C3=O)oc12. The van der Waals surface area contributed by atoms with Gasteiger partial charge in [0.2, 0.25) is 11.8 Å². The molecule has 2 amide bonds. The Hall–Kier alpha value is -2.80. The van der Waals surface area contributed by atoms with E-state index in [4.69, 9.17) is 9.15 Å². The molecule has 4 rings (SSSR count). The third-order valence-corrected chi connectivity index (χ3v) is 5.87. The van der Waals surface area contributed by atoms with Gasteiger partial charge in [-0.3, -0.25) is 9.59 Å². The molecule has 0 saturated carbocycles. The second-order valence-electron chi connectivity index (χ2n) is 7.04. The molecule has 0 aliphatic carbocycles. The second-order valence-corrected chi connectivity index (χ2v) is 7.89. The summed E-state index contributed by atoms with van der Waals surface area (Å²) in [5.74, 6) is 0.0779. The number of methoxy groups -OCH3 is 1. The van der Waals surface area contributed by atoms with Gasteiger partial charge in [-0.25, -0.2) is 0 Å². The first kappa shape index (κ1) is 19.5. The first-order chi connectivity index (χ1) is 14.0. The summed E-state index contributed by atoms with van der Waals surface area (Å²) in [6.45, 7) is 2.35. The van der Waals surface area contributed by atoms with Crippen LogP contribution in [0.25, 0.3) is 11.0 Å². The quantitative estimate of drug-likeness (QED) is 0.576. The van der Waals surface area contributed by atoms with Gasteiger partial charge < -0.3 is 19.4 Å². The van der Waals surface area contributed by atoms with Gasteiger partial charge in [0.05, 0.1) is 18.8 Å². The van der Waals surface area contributed by atoms with Crippen molar-refractivity contribution < 1.29 is 18.7 Å². The molecule has 1 N–H and O–H groups in total. The third-order valence-electron chi connectivity index (χ3n) is 5.20. The molecule has 150 valence electrons. The Balaban J connectivity index is 1.48. The molecule has 6 nitrogen and oxygen atoms in total. The number of ether oxygens (including phenoxy) is 1. The number of nitrogens with zero attached hydrogens (tertiary/aromatic N) is 1. The predicted molar refractivity (Wildman–Crippen MR) is 114 cm³/mol. The molecule has 2 heterocycles. The number of nitrogens with one attached hydrogen (secondary N) is 1. The molecule has 1 aromatic heterocycles. The maximum absolute atomic E-state index is 12.8. The van der Waals surface area contributed by atoms with Gasteiger partial charge >= 0.3 is 0 Å². The summed E-state index contributed by atoms with van der Waals surface area (Å²) in [5, 5.41) is 3.82. The molecule has 3 aromatic rings. The van der Waals surface area contributed by atoms with Gasteiger partial charge in [0, 0.05) is 16.4 Å². The average molecular weight is 457 g/mol. The standard InChI is InChI=1S/C22H21BrN2O4/c1-13(19-12-14-6-5-9-18(28-2)20(14)29-19)24-21(26)15-10-11-25(22(15)27)17-8-4-3-7-16(17)23/h3-9,12-13,15H,10-11H2,1-2H3,(H,24,26). The fourth-order valence-corrected chi connectivity index (χ4v) is 4.15. The Labute approximate surface area is 176 Å². The molecule has 7 heteroatoms. The minimum atomic E-state index is -0.705. The van der Waals surface area contributed by atoms with Crippen LogP contribution >= 0.6 is 15.9 Å². The summed E-state index contributed by atoms with van der Waals surface area (Å²) in [6, 6.07) is 14.7. The van der Waals surface area contributed by atoms with Crippen molar-refractivity contribution >= 4 is 44.4 Å². The summed E-state index contributed by atoms with van der Waals surface area (Å²) in [6.07, 6.45) is 0.479.